The van der Waals surface area contributed by atoms with Gasteiger partial charge in [-0.15, -0.1) is 0 Å². The van der Waals surface area contributed by atoms with Crippen molar-refractivity contribution in [1.29, 1.82) is 0 Å². The molecule has 1 heterocycles. The van der Waals surface area contributed by atoms with Crippen molar-refractivity contribution in [3.8, 4) is 5.75 Å². The second-order valence-corrected chi connectivity index (χ2v) is 8.61. The Kier molecular flexibility index (Phi) is 7.04. The number of piperidine rings is 1. The van der Waals surface area contributed by atoms with Crippen molar-refractivity contribution >= 4 is 5.91 Å². The van der Waals surface area contributed by atoms with Crippen LogP contribution in [0.5, 0.6) is 5.75 Å². The Labute approximate surface area is 187 Å². The lowest BCUT2D eigenvalue weighted by atomic mass is 10.1. The second-order valence-electron chi connectivity index (χ2n) is 8.61. The highest BCUT2D eigenvalue weighted by Gasteiger charge is 2.39. The molecule has 1 aliphatic heterocycles. The maximum absolute atomic E-state index is 13.4. The Hall–Kier alpha value is -2.54. The van der Waals surface area contributed by atoms with Gasteiger partial charge in [-0.3, -0.25) is 9.69 Å². The van der Waals surface area contributed by atoms with Gasteiger partial charge >= 0.3 is 6.18 Å². The van der Waals surface area contributed by atoms with Gasteiger partial charge in [0.05, 0.1) is 11.1 Å². The van der Waals surface area contributed by atoms with Crippen molar-refractivity contribution < 1.29 is 22.7 Å². The summed E-state index contributed by atoms with van der Waals surface area (Å²) in [4.78, 5) is 17.1. The zero-order chi connectivity index (χ0) is 22.6. The molecule has 32 heavy (non-hydrogen) atoms. The van der Waals surface area contributed by atoms with Crippen LogP contribution in [-0.4, -0.2) is 48.0 Å². The largest absolute Gasteiger partial charge is 0.492 e. The van der Waals surface area contributed by atoms with Crippen molar-refractivity contribution in [3.63, 3.8) is 0 Å². The number of halogens is 3. The van der Waals surface area contributed by atoms with E-state index in [0.29, 0.717) is 6.61 Å². The summed E-state index contributed by atoms with van der Waals surface area (Å²) in [6.45, 7) is 3.96. The van der Waals surface area contributed by atoms with Crippen LogP contribution in [0.3, 0.4) is 0 Å². The first-order valence-corrected chi connectivity index (χ1v) is 11.3. The highest BCUT2D eigenvalue weighted by atomic mass is 19.4. The number of carbonyl (C=O) groups excluding carboxylic acids is 1. The molecule has 1 saturated heterocycles. The van der Waals surface area contributed by atoms with Crippen molar-refractivity contribution in [3.05, 3.63) is 65.2 Å². The summed E-state index contributed by atoms with van der Waals surface area (Å²) in [5, 5.41) is 0. The molecular weight excluding hydrogens is 417 g/mol. The average molecular weight is 447 g/mol. The molecule has 2 aliphatic rings. The lowest BCUT2D eigenvalue weighted by molar-refractivity contribution is -0.138. The van der Waals surface area contributed by atoms with Crippen molar-refractivity contribution in [1.82, 2.24) is 9.80 Å². The van der Waals surface area contributed by atoms with Gasteiger partial charge in [0.2, 0.25) is 0 Å². The van der Waals surface area contributed by atoms with E-state index < -0.39 is 17.6 Å². The molecule has 0 spiro atoms. The average Bonchev–Trinajstić information content (AvgIpc) is 3.63. The minimum absolute atomic E-state index is 0.0209. The Morgan fingerprint density at radius 2 is 1.78 bits per heavy atom. The predicted molar refractivity (Wildman–Crippen MR) is 117 cm³/mol. The van der Waals surface area contributed by atoms with E-state index in [0.717, 1.165) is 49.9 Å². The quantitative estimate of drug-likeness (QED) is 0.546. The van der Waals surface area contributed by atoms with E-state index in [1.165, 1.54) is 37.5 Å². The molecule has 0 atom stereocenters. The fourth-order valence-corrected chi connectivity index (χ4v) is 4.23. The maximum atomic E-state index is 13.4. The SMILES string of the molecule is O=C(c1ccccc1C(F)(F)F)N(Cc1cccc(OCCN2CCCCC2)c1)C1CC1. The van der Waals surface area contributed by atoms with Crippen molar-refractivity contribution in [2.75, 3.05) is 26.2 Å². The first kappa shape index (κ1) is 22.6. The van der Waals surface area contributed by atoms with Crippen LogP contribution in [-0.2, 0) is 12.7 Å². The molecule has 4 rings (SSSR count). The zero-order valence-electron chi connectivity index (χ0n) is 18.1. The molecule has 2 aromatic carbocycles. The number of hydrogen-bond acceptors (Lipinski definition) is 3. The van der Waals surface area contributed by atoms with Crippen LogP contribution in [0.1, 0.15) is 53.6 Å². The summed E-state index contributed by atoms with van der Waals surface area (Å²) in [7, 11) is 0. The van der Waals surface area contributed by atoms with E-state index in [1.807, 2.05) is 24.3 Å². The number of alkyl halides is 3. The number of ether oxygens (including phenoxy) is 1. The van der Waals surface area contributed by atoms with E-state index in [4.69, 9.17) is 4.74 Å². The number of amides is 1. The maximum Gasteiger partial charge on any atom is 0.417 e. The third-order valence-electron chi connectivity index (χ3n) is 6.09. The molecule has 7 heteroatoms. The van der Waals surface area contributed by atoms with Gasteiger partial charge in [-0.1, -0.05) is 30.7 Å². The molecule has 2 fully saturated rings. The minimum atomic E-state index is -4.57. The summed E-state index contributed by atoms with van der Waals surface area (Å²) >= 11 is 0. The fourth-order valence-electron chi connectivity index (χ4n) is 4.23. The lowest BCUT2D eigenvalue weighted by Crippen LogP contribution is -2.34. The fraction of sp³-hybridized carbons (Fsp3) is 0.480. The number of rotatable bonds is 8. The zero-order valence-corrected chi connectivity index (χ0v) is 18.1. The Bertz CT molecular complexity index is 921. The van der Waals surface area contributed by atoms with E-state index in [9.17, 15) is 18.0 Å². The minimum Gasteiger partial charge on any atom is -0.492 e. The summed E-state index contributed by atoms with van der Waals surface area (Å²) in [5.41, 5.74) is -0.323. The molecule has 2 aromatic rings. The summed E-state index contributed by atoms with van der Waals surface area (Å²) < 4.78 is 46.2. The molecule has 1 amide bonds. The number of carbonyl (C=O) groups is 1. The van der Waals surface area contributed by atoms with Gasteiger partial charge in [-0.05, 0) is 68.6 Å². The number of likely N-dealkylation sites (tertiary alicyclic amines) is 1. The number of nitrogens with zero attached hydrogens (tertiary/aromatic N) is 2. The highest BCUT2D eigenvalue weighted by molar-refractivity contribution is 5.96. The van der Waals surface area contributed by atoms with Gasteiger partial charge in [-0.25, -0.2) is 0 Å². The first-order valence-electron chi connectivity index (χ1n) is 11.3. The van der Waals surface area contributed by atoms with Crippen LogP contribution in [0.15, 0.2) is 48.5 Å². The van der Waals surface area contributed by atoms with E-state index in [-0.39, 0.29) is 18.2 Å². The molecule has 0 radical (unpaired) electrons. The normalized spacial score (nSPS) is 17.2. The third kappa shape index (κ3) is 5.82. The Morgan fingerprint density at radius 1 is 1.03 bits per heavy atom. The molecule has 4 nitrogen and oxygen atoms in total. The van der Waals surface area contributed by atoms with Crippen LogP contribution in [0, 0.1) is 0 Å². The smallest absolute Gasteiger partial charge is 0.417 e. The van der Waals surface area contributed by atoms with Gasteiger partial charge < -0.3 is 9.64 Å². The molecule has 1 aliphatic carbocycles. The van der Waals surface area contributed by atoms with Crippen LogP contribution >= 0.6 is 0 Å². The molecule has 0 aromatic heterocycles. The van der Waals surface area contributed by atoms with Crippen LogP contribution in [0.2, 0.25) is 0 Å². The summed E-state index contributed by atoms with van der Waals surface area (Å²) in [6, 6.07) is 12.5. The predicted octanol–water partition coefficient (Wildman–Crippen LogP) is 5.37. The van der Waals surface area contributed by atoms with E-state index in [1.54, 1.807) is 4.90 Å². The Morgan fingerprint density at radius 3 is 2.50 bits per heavy atom. The molecule has 172 valence electrons. The second kappa shape index (κ2) is 9.94. The topological polar surface area (TPSA) is 32.8 Å². The Balaban J connectivity index is 1.43. The molecule has 1 saturated carbocycles. The van der Waals surface area contributed by atoms with Gasteiger partial charge in [0, 0.05) is 19.1 Å². The highest BCUT2D eigenvalue weighted by Crippen LogP contribution is 2.35. The summed E-state index contributed by atoms with van der Waals surface area (Å²) in [5.74, 6) is 0.148. The van der Waals surface area contributed by atoms with Gasteiger partial charge in [0.1, 0.15) is 12.4 Å². The number of hydrogen-bond donors (Lipinski definition) is 0. The molecule has 0 bridgehead atoms. The van der Waals surface area contributed by atoms with Crippen molar-refractivity contribution in [2.24, 2.45) is 0 Å². The third-order valence-corrected chi connectivity index (χ3v) is 6.09. The molecular formula is C25H29F3N2O2. The monoisotopic (exact) mass is 446 g/mol. The van der Waals surface area contributed by atoms with Gasteiger partial charge in [-0.2, -0.15) is 13.2 Å². The van der Waals surface area contributed by atoms with Crippen LogP contribution in [0.4, 0.5) is 13.2 Å². The lowest BCUT2D eigenvalue weighted by Gasteiger charge is -2.26. The summed E-state index contributed by atoms with van der Waals surface area (Å²) in [6.07, 6.45) is 0.820. The van der Waals surface area contributed by atoms with Crippen LogP contribution < -0.4 is 4.74 Å². The molecule has 0 N–H and O–H groups in total. The van der Waals surface area contributed by atoms with Crippen LogP contribution in [0.25, 0.3) is 0 Å². The van der Waals surface area contributed by atoms with Gasteiger partial charge in [0.25, 0.3) is 5.91 Å². The molecule has 0 unspecified atom stereocenters. The van der Waals surface area contributed by atoms with E-state index in [2.05, 4.69) is 4.90 Å². The number of benzene rings is 2. The standard InChI is InChI=1S/C25H29F3N2O2/c26-25(27,28)23-10-3-2-9-22(23)24(31)30(20-11-12-20)18-19-7-6-8-21(17-19)32-16-15-29-13-4-1-5-14-29/h2-3,6-10,17,20H,1,4-5,11-16,18H2. The van der Waals surface area contributed by atoms with E-state index >= 15 is 0 Å². The van der Waals surface area contributed by atoms with Gasteiger partial charge in [0.15, 0.2) is 0 Å². The van der Waals surface area contributed by atoms with Crippen molar-refractivity contribution in [2.45, 2.75) is 50.9 Å². The first-order chi connectivity index (χ1) is 15.4.